The number of aliphatic hydroxyl groups is 1. The Bertz CT molecular complexity index is 645. The minimum absolute atomic E-state index is 0.148. The Morgan fingerprint density at radius 2 is 1.89 bits per heavy atom. The molecule has 0 bridgehead atoms. The number of aliphatic carboxylic acids is 1. The highest BCUT2D eigenvalue weighted by Crippen LogP contribution is 2.67. The molecule has 0 spiro atoms. The molecule has 4 saturated carbocycles. The average Bonchev–Trinajstić information content (AvgIpc) is 3.00. The van der Waals surface area contributed by atoms with E-state index in [1.807, 2.05) is 0 Å². The molecular weight excluding hydrogens is 352 g/mol. The van der Waals surface area contributed by atoms with Crippen LogP contribution < -0.4 is 0 Å². The zero-order chi connectivity index (χ0) is 20.3. The van der Waals surface area contributed by atoms with Crippen LogP contribution in [0.2, 0.25) is 0 Å². The zero-order valence-electron chi connectivity index (χ0n) is 17.8. The molecule has 0 aromatic rings. The molecule has 4 rings (SSSR count). The van der Waals surface area contributed by atoms with Crippen molar-refractivity contribution in [2.24, 2.45) is 46.3 Å². The molecule has 4 heteroatoms. The van der Waals surface area contributed by atoms with Crippen LogP contribution in [0.15, 0.2) is 0 Å². The van der Waals surface area contributed by atoms with Crippen molar-refractivity contribution in [1.29, 1.82) is 0 Å². The second-order valence-electron chi connectivity index (χ2n) is 11.1. The van der Waals surface area contributed by atoms with E-state index in [9.17, 15) is 14.7 Å². The van der Waals surface area contributed by atoms with Gasteiger partial charge in [0.25, 0.3) is 0 Å². The Hall–Kier alpha value is -0.900. The van der Waals surface area contributed by atoms with E-state index in [-0.39, 0.29) is 23.4 Å². The molecule has 2 N–H and O–H groups in total. The third-order valence-corrected chi connectivity index (χ3v) is 10.1. The lowest BCUT2D eigenvalue weighted by atomic mass is 9.44. The summed E-state index contributed by atoms with van der Waals surface area (Å²) in [4.78, 5) is 24.7. The van der Waals surface area contributed by atoms with Crippen LogP contribution in [0.25, 0.3) is 0 Å². The minimum Gasteiger partial charge on any atom is -0.481 e. The SMILES string of the molecule is C[C@@H](CCC(=O)O)[C@H]1CC[C@H]2[C@H]3CC[C@H]4C[C@@H](O)CC[C@]4(C)[C@@H]3CC(=O)[C@]12C. The van der Waals surface area contributed by atoms with Gasteiger partial charge in [-0.05, 0) is 92.3 Å². The van der Waals surface area contributed by atoms with Crippen LogP contribution in [0.3, 0.4) is 0 Å². The summed E-state index contributed by atoms with van der Waals surface area (Å²) in [6, 6.07) is 0. The van der Waals surface area contributed by atoms with Crippen LogP contribution in [0, 0.1) is 46.3 Å². The molecule has 9 atom stereocenters. The number of carbonyl (C=O) groups is 2. The van der Waals surface area contributed by atoms with Crippen molar-refractivity contribution in [1.82, 2.24) is 0 Å². The van der Waals surface area contributed by atoms with Gasteiger partial charge in [-0.25, -0.2) is 0 Å². The average molecular weight is 391 g/mol. The van der Waals surface area contributed by atoms with Crippen molar-refractivity contribution in [3.05, 3.63) is 0 Å². The lowest BCUT2D eigenvalue weighted by Gasteiger charge is -2.60. The number of Topliss-reactive ketones (excluding diaryl/α,β-unsaturated/α-hetero) is 1. The van der Waals surface area contributed by atoms with Crippen LogP contribution in [0.1, 0.15) is 85.0 Å². The van der Waals surface area contributed by atoms with Gasteiger partial charge in [0.1, 0.15) is 5.78 Å². The van der Waals surface area contributed by atoms with Gasteiger partial charge >= 0.3 is 5.97 Å². The van der Waals surface area contributed by atoms with E-state index in [2.05, 4.69) is 20.8 Å². The molecule has 0 radical (unpaired) electrons. The minimum atomic E-state index is -0.729. The first-order chi connectivity index (χ1) is 13.2. The molecule has 28 heavy (non-hydrogen) atoms. The number of ketones is 1. The molecule has 4 aliphatic carbocycles. The maximum absolute atomic E-state index is 13.6. The van der Waals surface area contributed by atoms with E-state index in [1.54, 1.807) is 0 Å². The highest BCUT2D eigenvalue weighted by Gasteiger charge is 2.63. The molecule has 4 fully saturated rings. The summed E-state index contributed by atoms with van der Waals surface area (Å²) in [7, 11) is 0. The van der Waals surface area contributed by atoms with Crippen LogP contribution in [-0.2, 0) is 9.59 Å². The fourth-order valence-corrected chi connectivity index (χ4v) is 8.44. The van der Waals surface area contributed by atoms with Crippen molar-refractivity contribution in [3.63, 3.8) is 0 Å². The van der Waals surface area contributed by atoms with Crippen molar-refractivity contribution in [2.75, 3.05) is 0 Å². The third-order valence-electron chi connectivity index (χ3n) is 10.1. The third kappa shape index (κ3) is 2.97. The van der Waals surface area contributed by atoms with Crippen molar-refractivity contribution in [3.8, 4) is 0 Å². The van der Waals surface area contributed by atoms with Crippen molar-refractivity contribution in [2.45, 2.75) is 91.1 Å². The fraction of sp³-hybridized carbons (Fsp3) is 0.917. The number of carbonyl (C=O) groups excluding carboxylic acids is 1. The lowest BCUT2D eigenvalue weighted by molar-refractivity contribution is -0.160. The van der Waals surface area contributed by atoms with E-state index in [4.69, 9.17) is 5.11 Å². The van der Waals surface area contributed by atoms with Gasteiger partial charge in [0.15, 0.2) is 0 Å². The summed E-state index contributed by atoms with van der Waals surface area (Å²) in [5, 5.41) is 19.3. The van der Waals surface area contributed by atoms with E-state index < -0.39 is 5.97 Å². The Labute approximate surface area is 169 Å². The molecular formula is C24H38O4. The Balaban J connectivity index is 1.57. The summed E-state index contributed by atoms with van der Waals surface area (Å²) in [6.07, 6.45) is 8.96. The maximum atomic E-state index is 13.6. The Morgan fingerprint density at radius 1 is 1.14 bits per heavy atom. The molecule has 0 heterocycles. The second kappa shape index (κ2) is 7.11. The first kappa shape index (κ1) is 20.4. The maximum Gasteiger partial charge on any atom is 0.303 e. The smallest absolute Gasteiger partial charge is 0.303 e. The molecule has 0 aromatic carbocycles. The van der Waals surface area contributed by atoms with Crippen molar-refractivity contribution < 1.29 is 19.8 Å². The fourth-order valence-electron chi connectivity index (χ4n) is 8.44. The normalized spacial score (nSPS) is 49.1. The number of carboxylic acid groups (broad SMARTS) is 1. The van der Waals surface area contributed by atoms with Gasteiger partial charge in [-0.1, -0.05) is 20.8 Å². The standard InChI is InChI=1S/C24H38O4/c1-14(4-9-22(27)28)18-7-8-19-17-6-5-15-12-16(25)10-11-23(15,2)20(17)13-21(26)24(18,19)3/h14-20,25H,4-13H2,1-3H3,(H,27,28)/t14-,15-,16-,17+,18+,19-,20+,23-,24+/m0/s1. The van der Waals surface area contributed by atoms with Gasteiger partial charge in [0.05, 0.1) is 6.10 Å². The second-order valence-corrected chi connectivity index (χ2v) is 11.1. The quantitative estimate of drug-likeness (QED) is 0.730. The van der Waals surface area contributed by atoms with Gasteiger partial charge in [-0.2, -0.15) is 0 Å². The summed E-state index contributed by atoms with van der Waals surface area (Å²) < 4.78 is 0. The largest absolute Gasteiger partial charge is 0.481 e. The highest BCUT2D eigenvalue weighted by molar-refractivity contribution is 5.87. The van der Waals surface area contributed by atoms with E-state index in [0.717, 1.165) is 32.1 Å². The Morgan fingerprint density at radius 3 is 2.61 bits per heavy atom. The molecule has 4 nitrogen and oxygen atoms in total. The summed E-state index contributed by atoms with van der Waals surface area (Å²) >= 11 is 0. The predicted octanol–water partition coefficient (Wildman–Crippen LogP) is 4.69. The summed E-state index contributed by atoms with van der Waals surface area (Å²) in [6.45, 7) is 6.81. The van der Waals surface area contributed by atoms with Crippen LogP contribution in [0.4, 0.5) is 0 Å². The number of aliphatic hydroxyl groups excluding tert-OH is 1. The van der Waals surface area contributed by atoms with E-state index >= 15 is 0 Å². The molecule has 0 unspecified atom stereocenters. The lowest BCUT2D eigenvalue weighted by Crippen LogP contribution is -2.57. The van der Waals surface area contributed by atoms with E-state index in [1.165, 1.54) is 12.8 Å². The van der Waals surface area contributed by atoms with Crippen LogP contribution in [-0.4, -0.2) is 28.1 Å². The number of hydrogen-bond acceptors (Lipinski definition) is 3. The van der Waals surface area contributed by atoms with E-state index in [0.29, 0.717) is 54.1 Å². The zero-order valence-corrected chi connectivity index (χ0v) is 17.8. The predicted molar refractivity (Wildman–Crippen MR) is 108 cm³/mol. The monoisotopic (exact) mass is 390 g/mol. The van der Waals surface area contributed by atoms with Gasteiger partial charge < -0.3 is 10.2 Å². The Kier molecular flexibility index (Phi) is 5.17. The van der Waals surface area contributed by atoms with Gasteiger partial charge in [0, 0.05) is 18.3 Å². The number of rotatable bonds is 4. The van der Waals surface area contributed by atoms with Gasteiger partial charge in [-0.3, -0.25) is 9.59 Å². The van der Waals surface area contributed by atoms with Crippen molar-refractivity contribution >= 4 is 11.8 Å². The number of fused-ring (bicyclic) bond motifs is 5. The first-order valence-corrected chi connectivity index (χ1v) is 11.6. The topological polar surface area (TPSA) is 74.6 Å². The summed E-state index contributed by atoms with van der Waals surface area (Å²) in [5.74, 6) is 2.52. The molecule has 4 aliphatic rings. The van der Waals surface area contributed by atoms with Gasteiger partial charge in [-0.15, -0.1) is 0 Å². The molecule has 0 saturated heterocycles. The number of hydrogen-bond donors (Lipinski definition) is 2. The highest BCUT2D eigenvalue weighted by atomic mass is 16.4. The molecule has 0 aliphatic heterocycles. The molecule has 158 valence electrons. The summed E-state index contributed by atoms with van der Waals surface area (Å²) in [5.41, 5.74) is -0.0391. The number of carboxylic acids is 1. The van der Waals surface area contributed by atoms with Crippen LogP contribution >= 0.6 is 0 Å². The van der Waals surface area contributed by atoms with Gasteiger partial charge in [0.2, 0.25) is 0 Å². The molecule has 0 amide bonds. The van der Waals surface area contributed by atoms with Crippen LogP contribution in [0.5, 0.6) is 0 Å². The molecule has 0 aromatic heterocycles. The first-order valence-electron chi connectivity index (χ1n) is 11.6.